The Labute approximate surface area is 198 Å². The second kappa shape index (κ2) is 8.30. The quantitative estimate of drug-likeness (QED) is 0.318. The average Bonchev–Trinajstić information content (AvgIpc) is 2.78. The van der Waals surface area contributed by atoms with E-state index in [0.29, 0.717) is 0 Å². The van der Waals surface area contributed by atoms with E-state index in [4.69, 9.17) is 0 Å². The topological polar surface area (TPSA) is 46.0 Å². The van der Waals surface area contributed by atoms with Gasteiger partial charge in [0.05, 0.1) is 0 Å². The third-order valence-electron chi connectivity index (χ3n) is 6.14. The molecule has 0 bridgehead atoms. The molecule has 154 valence electrons. The fraction of sp³-hybridized carbons (Fsp3) is 0.154. The molecule has 5 rings (SSSR count). The van der Waals surface area contributed by atoms with Crippen molar-refractivity contribution in [2.24, 2.45) is 0 Å². The molecule has 0 fully saturated rings. The number of aliphatic hydroxyl groups excluding tert-OH is 1. The number of hydrogen-bond acceptors (Lipinski definition) is 3. The fourth-order valence-corrected chi connectivity index (χ4v) is 5.73. The van der Waals surface area contributed by atoms with E-state index in [1.807, 2.05) is 24.5 Å². The molecule has 0 saturated heterocycles. The van der Waals surface area contributed by atoms with E-state index in [9.17, 15) is 5.11 Å². The Morgan fingerprint density at radius 1 is 0.710 bits per heavy atom. The highest BCUT2D eigenvalue weighted by Crippen LogP contribution is 2.49. The van der Waals surface area contributed by atoms with Gasteiger partial charge in [0, 0.05) is 17.8 Å². The summed E-state index contributed by atoms with van der Waals surface area (Å²) in [4.78, 5) is 8.63. The molecule has 0 unspecified atom stereocenters. The first-order valence-corrected chi connectivity index (χ1v) is 11.7. The molecule has 2 aromatic carbocycles. The minimum absolute atomic E-state index is 0.339. The molecule has 3 nitrogen and oxygen atoms in total. The lowest BCUT2D eigenvalue weighted by Crippen LogP contribution is -2.39. The number of rotatable bonds is 4. The fourth-order valence-electron chi connectivity index (χ4n) is 4.90. The van der Waals surface area contributed by atoms with Crippen molar-refractivity contribution in [2.45, 2.75) is 24.4 Å². The van der Waals surface area contributed by atoms with Crippen molar-refractivity contribution in [3.8, 4) is 0 Å². The lowest BCUT2D eigenvalue weighted by molar-refractivity contribution is 0.207. The van der Waals surface area contributed by atoms with Gasteiger partial charge in [-0.2, -0.15) is 0 Å². The van der Waals surface area contributed by atoms with E-state index in [-0.39, 0.29) is 5.41 Å². The molecule has 2 heterocycles. The van der Waals surface area contributed by atoms with Crippen molar-refractivity contribution < 1.29 is 5.11 Å². The molecule has 0 saturated carbocycles. The maximum absolute atomic E-state index is 11.2. The molecule has 0 aliphatic heterocycles. The van der Waals surface area contributed by atoms with Gasteiger partial charge in [-0.25, -0.2) is 9.97 Å². The first-order valence-electron chi connectivity index (χ1n) is 10.1. The van der Waals surface area contributed by atoms with E-state index < -0.39 is 6.10 Å². The van der Waals surface area contributed by atoms with Gasteiger partial charge >= 0.3 is 0 Å². The Balaban J connectivity index is 1.78. The minimum atomic E-state index is -0.631. The first kappa shape index (κ1) is 20.6. The molecule has 5 heteroatoms. The van der Waals surface area contributed by atoms with Gasteiger partial charge < -0.3 is 5.11 Å². The summed E-state index contributed by atoms with van der Waals surface area (Å²) in [6.45, 7) is 0. The number of benzene rings is 2. The van der Waals surface area contributed by atoms with Crippen LogP contribution in [0.3, 0.4) is 0 Å². The van der Waals surface area contributed by atoms with E-state index >= 15 is 0 Å². The Kier molecular flexibility index (Phi) is 5.51. The highest BCUT2D eigenvalue weighted by molar-refractivity contribution is 9.10. The van der Waals surface area contributed by atoms with Crippen LogP contribution >= 0.6 is 31.9 Å². The molecule has 0 amide bonds. The van der Waals surface area contributed by atoms with Crippen molar-refractivity contribution in [3.63, 3.8) is 0 Å². The zero-order valence-electron chi connectivity index (χ0n) is 16.7. The SMILES string of the molecule is OC1c2ccccc2C(Cc2ccnc(Br)c2)(Cc2ccnc(Br)c2)c2ccccc21. The summed E-state index contributed by atoms with van der Waals surface area (Å²) in [5.74, 6) is 0. The van der Waals surface area contributed by atoms with Crippen LogP contribution in [0.5, 0.6) is 0 Å². The van der Waals surface area contributed by atoms with Crippen molar-refractivity contribution in [3.05, 3.63) is 128 Å². The van der Waals surface area contributed by atoms with Gasteiger partial charge in [0.25, 0.3) is 0 Å². The molecule has 1 N–H and O–H groups in total. The number of fused-ring (bicyclic) bond motifs is 2. The summed E-state index contributed by atoms with van der Waals surface area (Å²) in [5, 5.41) is 11.2. The van der Waals surface area contributed by atoms with Crippen molar-refractivity contribution in [2.75, 3.05) is 0 Å². The molecule has 1 aliphatic carbocycles. The zero-order chi connectivity index (χ0) is 21.4. The van der Waals surface area contributed by atoms with E-state index in [1.165, 1.54) is 22.3 Å². The predicted octanol–water partition coefficient (Wildman–Crippen LogP) is 6.17. The molecule has 2 aromatic heterocycles. The lowest BCUT2D eigenvalue weighted by Gasteiger charge is -2.43. The molecule has 4 aromatic rings. The number of pyridine rings is 2. The van der Waals surface area contributed by atoms with Crippen LogP contribution in [0.1, 0.15) is 39.5 Å². The average molecular weight is 536 g/mol. The number of nitrogens with zero attached hydrogens (tertiary/aromatic N) is 2. The van der Waals surface area contributed by atoms with Gasteiger partial charge in [-0.1, -0.05) is 48.5 Å². The van der Waals surface area contributed by atoms with Crippen LogP contribution in [0.25, 0.3) is 0 Å². The Morgan fingerprint density at radius 2 is 1.16 bits per heavy atom. The minimum Gasteiger partial charge on any atom is -0.384 e. The van der Waals surface area contributed by atoms with Gasteiger partial charge in [-0.05, 0) is 102 Å². The maximum atomic E-state index is 11.2. The normalized spacial score (nSPS) is 14.7. The third kappa shape index (κ3) is 3.75. The molecular formula is C26H20Br2N2O. The lowest BCUT2D eigenvalue weighted by atomic mass is 9.60. The van der Waals surface area contributed by atoms with Crippen molar-refractivity contribution in [1.29, 1.82) is 0 Å². The predicted molar refractivity (Wildman–Crippen MR) is 129 cm³/mol. The maximum Gasteiger partial charge on any atom is 0.106 e. The molecule has 0 spiro atoms. The second-order valence-corrected chi connectivity index (χ2v) is 9.61. The van der Waals surface area contributed by atoms with Gasteiger partial charge in [0.1, 0.15) is 15.3 Å². The number of aliphatic hydroxyl groups is 1. The molecule has 1 aliphatic rings. The van der Waals surface area contributed by atoms with Crippen molar-refractivity contribution >= 4 is 31.9 Å². The number of hydrogen-bond donors (Lipinski definition) is 1. The summed E-state index contributed by atoms with van der Waals surface area (Å²) in [6.07, 6.45) is 4.62. The summed E-state index contributed by atoms with van der Waals surface area (Å²) >= 11 is 7.06. The highest BCUT2D eigenvalue weighted by atomic mass is 79.9. The van der Waals surface area contributed by atoms with Crippen LogP contribution in [0, 0.1) is 0 Å². The summed E-state index contributed by atoms with van der Waals surface area (Å²) < 4.78 is 1.65. The Morgan fingerprint density at radius 3 is 1.61 bits per heavy atom. The van der Waals surface area contributed by atoms with Crippen LogP contribution in [-0.2, 0) is 18.3 Å². The standard InChI is InChI=1S/C26H20Br2N2O/c27-23-13-17(9-11-29-23)15-26(16-18-10-12-30-24(28)14-18)21-7-3-1-5-19(21)25(31)20-6-2-4-8-22(20)26/h1-14,25,31H,15-16H2. The van der Waals surface area contributed by atoms with Gasteiger partial charge in [-0.15, -0.1) is 0 Å². The summed E-state index contributed by atoms with van der Waals surface area (Å²) in [7, 11) is 0. The first-order chi connectivity index (χ1) is 15.1. The van der Waals surface area contributed by atoms with Gasteiger partial charge in [0.2, 0.25) is 0 Å². The van der Waals surface area contributed by atoms with Crippen LogP contribution in [0.15, 0.2) is 94.4 Å². The smallest absolute Gasteiger partial charge is 0.106 e. The van der Waals surface area contributed by atoms with Crippen LogP contribution < -0.4 is 0 Å². The molecular weight excluding hydrogens is 516 g/mol. The largest absolute Gasteiger partial charge is 0.384 e. The van der Waals surface area contributed by atoms with E-state index in [1.54, 1.807) is 0 Å². The second-order valence-electron chi connectivity index (χ2n) is 7.99. The molecule has 0 radical (unpaired) electrons. The molecule has 31 heavy (non-hydrogen) atoms. The van der Waals surface area contributed by atoms with E-state index in [0.717, 1.165) is 33.2 Å². The Hall–Kier alpha value is -2.34. The zero-order valence-corrected chi connectivity index (χ0v) is 19.8. The summed E-state index contributed by atoms with van der Waals surface area (Å²) in [5.41, 5.74) is 6.33. The number of aromatic nitrogens is 2. The van der Waals surface area contributed by atoms with Crippen molar-refractivity contribution in [1.82, 2.24) is 9.97 Å². The van der Waals surface area contributed by atoms with Gasteiger partial charge in [0.15, 0.2) is 0 Å². The van der Waals surface area contributed by atoms with Crippen LogP contribution in [-0.4, -0.2) is 15.1 Å². The van der Waals surface area contributed by atoms with Crippen LogP contribution in [0.2, 0.25) is 0 Å². The third-order valence-corrected chi connectivity index (χ3v) is 7.00. The van der Waals surface area contributed by atoms with Crippen LogP contribution in [0.4, 0.5) is 0 Å². The number of halogens is 2. The molecule has 0 atom stereocenters. The Bertz CT molecular complexity index is 1160. The summed E-state index contributed by atoms with van der Waals surface area (Å²) in [6, 6.07) is 24.9. The van der Waals surface area contributed by atoms with Gasteiger partial charge in [-0.3, -0.25) is 0 Å². The monoisotopic (exact) mass is 534 g/mol. The highest BCUT2D eigenvalue weighted by Gasteiger charge is 2.43. The van der Waals surface area contributed by atoms with E-state index in [2.05, 4.69) is 102 Å².